The molecular formula is C13H14S. The molecule has 0 aromatic carbocycles. The first kappa shape index (κ1) is 8.60. The van der Waals surface area contributed by atoms with E-state index in [1.165, 1.54) is 12.0 Å². The Balaban J connectivity index is 2.06. The number of fused-ring (bicyclic) bond motifs is 3. The average Bonchev–Trinajstić information content (AvgIpc) is 2.60. The molecule has 72 valence electrons. The Kier molecular flexibility index (Phi) is 1.78. The molecule has 0 aromatic rings. The second-order valence-electron chi connectivity index (χ2n) is 4.38. The number of allylic oxidation sites excluding steroid dienone is 6. The number of rotatable bonds is 0. The zero-order valence-corrected chi connectivity index (χ0v) is 9.13. The highest BCUT2D eigenvalue weighted by atomic mass is 32.2. The minimum atomic E-state index is 0.310. The van der Waals surface area contributed by atoms with Gasteiger partial charge in [0.25, 0.3) is 0 Å². The van der Waals surface area contributed by atoms with Crippen LogP contribution in [0.3, 0.4) is 0 Å². The van der Waals surface area contributed by atoms with Gasteiger partial charge in [0.15, 0.2) is 0 Å². The molecule has 0 fully saturated rings. The number of hydrogen-bond donors (Lipinski definition) is 0. The molecule has 1 heteroatoms. The molecule has 2 unspecified atom stereocenters. The third-order valence-corrected chi connectivity index (χ3v) is 4.90. The molecule has 1 heterocycles. The second kappa shape index (κ2) is 2.90. The summed E-state index contributed by atoms with van der Waals surface area (Å²) in [6.07, 6.45) is 15.1. The van der Waals surface area contributed by atoms with Crippen LogP contribution >= 0.6 is 11.8 Å². The Labute approximate surface area is 89.5 Å². The molecule has 3 rings (SSSR count). The highest BCUT2D eigenvalue weighted by molar-refractivity contribution is 8.04. The van der Waals surface area contributed by atoms with Gasteiger partial charge in [0.05, 0.1) is 0 Å². The molecule has 0 nitrogen and oxygen atoms in total. The first-order chi connectivity index (χ1) is 6.81. The van der Waals surface area contributed by atoms with E-state index in [4.69, 9.17) is 0 Å². The molecule has 0 aromatic heterocycles. The van der Waals surface area contributed by atoms with Crippen LogP contribution in [0.2, 0.25) is 0 Å². The third-order valence-electron chi connectivity index (χ3n) is 3.63. The van der Waals surface area contributed by atoms with Gasteiger partial charge in [-0.3, -0.25) is 0 Å². The van der Waals surface area contributed by atoms with Crippen molar-refractivity contribution in [2.24, 2.45) is 11.8 Å². The van der Waals surface area contributed by atoms with Gasteiger partial charge in [-0.15, -0.1) is 11.8 Å². The van der Waals surface area contributed by atoms with Crippen LogP contribution in [0.15, 0.2) is 47.4 Å². The molecule has 0 bridgehead atoms. The van der Waals surface area contributed by atoms with Crippen molar-refractivity contribution in [3.8, 4) is 0 Å². The van der Waals surface area contributed by atoms with Crippen molar-refractivity contribution in [3.63, 3.8) is 0 Å². The molecule has 3 atom stereocenters. The van der Waals surface area contributed by atoms with Gasteiger partial charge in [-0.05, 0) is 30.2 Å². The van der Waals surface area contributed by atoms with Gasteiger partial charge in [-0.1, -0.05) is 36.5 Å². The Morgan fingerprint density at radius 3 is 3.14 bits per heavy atom. The Bertz CT molecular complexity index is 373. The van der Waals surface area contributed by atoms with Crippen molar-refractivity contribution in [1.29, 1.82) is 0 Å². The summed E-state index contributed by atoms with van der Waals surface area (Å²) in [7, 11) is 0. The van der Waals surface area contributed by atoms with Crippen LogP contribution in [0.1, 0.15) is 13.3 Å². The van der Waals surface area contributed by atoms with Crippen LogP contribution in [-0.4, -0.2) is 4.75 Å². The summed E-state index contributed by atoms with van der Waals surface area (Å²) in [4.78, 5) is 0. The van der Waals surface area contributed by atoms with Gasteiger partial charge in [0.2, 0.25) is 0 Å². The SMILES string of the molecule is CC12SC=CC1=CC[C@@H]1C=CC=CC12. The van der Waals surface area contributed by atoms with E-state index in [1.54, 1.807) is 0 Å². The molecule has 0 saturated carbocycles. The maximum Gasteiger partial charge on any atom is 0.0486 e. The zero-order chi connectivity index (χ0) is 9.60. The van der Waals surface area contributed by atoms with Crippen LogP contribution in [0.4, 0.5) is 0 Å². The maximum atomic E-state index is 2.42. The molecule has 0 N–H and O–H groups in total. The number of hydrogen-bond acceptors (Lipinski definition) is 1. The fourth-order valence-corrected chi connectivity index (χ4v) is 3.95. The highest BCUT2D eigenvalue weighted by Crippen LogP contribution is 2.53. The van der Waals surface area contributed by atoms with Gasteiger partial charge >= 0.3 is 0 Å². The monoisotopic (exact) mass is 202 g/mol. The van der Waals surface area contributed by atoms with E-state index in [0.717, 1.165) is 5.92 Å². The lowest BCUT2D eigenvalue weighted by Gasteiger charge is -2.41. The highest BCUT2D eigenvalue weighted by Gasteiger charge is 2.44. The zero-order valence-electron chi connectivity index (χ0n) is 8.31. The van der Waals surface area contributed by atoms with Crippen molar-refractivity contribution < 1.29 is 0 Å². The average molecular weight is 202 g/mol. The van der Waals surface area contributed by atoms with E-state index in [2.05, 4.69) is 48.8 Å². The predicted octanol–water partition coefficient (Wildman–Crippen LogP) is 3.69. The lowest BCUT2D eigenvalue weighted by molar-refractivity contribution is 0.393. The van der Waals surface area contributed by atoms with Gasteiger partial charge in [0.1, 0.15) is 0 Å². The van der Waals surface area contributed by atoms with Crippen LogP contribution in [-0.2, 0) is 0 Å². The molecule has 0 amide bonds. The summed E-state index contributed by atoms with van der Waals surface area (Å²) in [5, 5.41) is 2.25. The van der Waals surface area contributed by atoms with Crippen molar-refractivity contribution in [2.75, 3.05) is 0 Å². The first-order valence-corrected chi connectivity index (χ1v) is 6.09. The van der Waals surface area contributed by atoms with E-state index < -0.39 is 0 Å². The number of thioether (sulfide) groups is 1. The predicted molar refractivity (Wildman–Crippen MR) is 63.1 cm³/mol. The summed E-state index contributed by atoms with van der Waals surface area (Å²) < 4.78 is 0.310. The van der Waals surface area contributed by atoms with Gasteiger partial charge in [-0.25, -0.2) is 0 Å². The summed E-state index contributed by atoms with van der Waals surface area (Å²) in [6, 6.07) is 0. The van der Waals surface area contributed by atoms with Crippen molar-refractivity contribution >= 4 is 11.8 Å². The fraction of sp³-hybridized carbons (Fsp3) is 0.385. The fourth-order valence-electron chi connectivity index (χ4n) is 2.76. The van der Waals surface area contributed by atoms with E-state index in [9.17, 15) is 0 Å². The van der Waals surface area contributed by atoms with Crippen molar-refractivity contribution in [3.05, 3.63) is 47.4 Å². The maximum absolute atomic E-state index is 2.42. The molecule has 3 aliphatic rings. The molecular weight excluding hydrogens is 188 g/mol. The molecule has 0 saturated heterocycles. The minimum Gasteiger partial charge on any atom is -0.122 e. The van der Waals surface area contributed by atoms with Gasteiger partial charge in [0, 0.05) is 10.7 Å². The van der Waals surface area contributed by atoms with Crippen LogP contribution in [0.5, 0.6) is 0 Å². The van der Waals surface area contributed by atoms with E-state index in [0.29, 0.717) is 10.7 Å². The van der Waals surface area contributed by atoms with Gasteiger partial charge in [-0.2, -0.15) is 0 Å². The summed E-state index contributed by atoms with van der Waals surface area (Å²) in [5.41, 5.74) is 1.53. The van der Waals surface area contributed by atoms with Gasteiger partial charge < -0.3 is 0 Å². The minimum absolute atomic E-state index is 0.310. The van der Waals surface area contributed by atoms with Crippen molar-refractivity contribution in [2.45, 2.75) is 18.1 Å². The molecule has 2 aliphatic carbocycles. The lowest BCUT2D eigenvalue weighted by Crippen LogP contribution is -2.37. The molecule has 0 spiro atoms. The molecule has 14 heavy (non-hydrogen) atoms. The Morgan fingerprint density at radius 2 is 2.21 bits per heavy atom. The van der Waals surface area contributed by atoms with E-state index in [1.807, 2.05) is 11.8 Å². The Hall–Kier alpha value is -0.690. The molecule has 1 aliphatic heterocycles. The normalized spacial score (nSPS) is 43.4. The van der Waals surface area contributed by atoms with E-state index >= 15 is 0 Å². The summed E-state index contributed by atoms with van der Waals surface area (Å²) in [5.74, 6) is 1.41. The van der Waals surface area contributed by atoms with Crippen LogP contribution in [0.25, 0.3) is 0 Å². The quantitative estimate of drug-likeness (QED) is 0.577. The molecule has 0 radical (unpaired) electrons. The first-order valence-electron chi connectivity index (χ1n) is 5.21. The van der Waals surface area contributed by atoms with Crippen LogP contribution < -0.4 is 0 Å². The van der Waals surface area contributed by atoms with E-state index in [-0.39, 0.29) is 0 Å². The van der Waals surface area contributed by atoms with Crippen LogP contribution in [0, 0.1) is 11.8 Å². The topological polar surface area (TPSA) is 0 Å². The standard InChI is InChI=1S/C13H14S/c1-13-11(8-9-14-13)7-6-10-4-2-3-5-12(10)13/h2-5,7-10,12H,6H2,1H3/t10-,12?,13?/m0/s1. The lowest BCUT2D eigenvalue weighted by atomic mass is 9.70. The second-order valence-corrected chi connectivity index (χ2v) is 5.74. The Morgan fingerprint density at radius 1 is 1.36 bits per heavy atom. The largest absolute Gasteiger partial charge is 0.122 e. The smallest absolute Gasteiger partial charge is 0.0486 e. The summed E-state index contributed by atoms with van der Waals surface area (Å²) in [6.45, 7) is 2.38. The van der Waals surface area contributed by atoms with Crippen molar-refractivity contribution in [1.82, 2.24) is 0 Å². The summed E-state index contributed by atoms with van der Waals surface area (Å²) >= 11 is 1.98. The third kappa shape index (κ3) is 1.02.